The van der Waals surface area contributed by atoms with Gasteiger partial charge in [0.2, 0.25) is 0 Å². The molecule has 0 bridgehead atoms. The van der Waals surface area contributed by atoms with Crippen LogP contribution < -0.4 is 5.73 Å². The fraction of sp³-hybridized carbons (Fsp3) is 0.462. The van der Waals surface area contributed by atoms with Gasteiger partial charge in [0.1, 0.15) is 0 Å². The zero-order chi connectivity index (χ0) is 12.2. The molecule has 3 nitrogen and oxygen atoms in total. The fourth-order valence-corrected chi connectivity index (χ4v) is 1.46. The van der Waals surface area contributed by atoms with Gasteiger partial charge in [-0.25, -0.2) is 0 Å². The summed E-state index contributed by atoms with van der Waals surface area (Å²) in [5, 5.41) is 0. The number of carbonyl (C=O) groups excluding carboxylic acids is 1. The van der Waals surface area contributed by atoms with Crippen molar-refractivity contribution in [1.29, 1.82) is 0 Å². The van der Waals surface area contributed by atoms with E-state index in [0.29, 0.717) is 18.5 Å². The van der Waals surface area contributed by atoms with Gasteiger partial charge in [-0.1, -0.05) is 18.2 Å². The van der Waals surface area contributed by atoms with E-state index in [2.05, 4.69) is 0 Å². The summed E-state index contributed by atoms with van der Waals surface area (Å²) in [6, 6.07) is 7.53. The maximum atomic E-state index is 11.7. The second-order valence-electron chi connectivity index (χ2n) is 4.26. The molecule has 0 spiro atoms. The van der Waals surface area contributed by atoms with Gasteiger partial charge in [-0.15, -0.1) is 0 Å². The number of rotatable bonds is 5. The zero-order valence-corrected chi connectivity index (χ0v) is 10.1. The van der Waals surface area contributed by atoms with Crippen LogP contribution in [0.3, 0.4) is 0 Å². The van der Waals surface area contributed by atoms with Crippen LogP contribution in [0.2, 0.25) is 0 Å². The fourth-order valence-electron chi connectivity index (χ4n) is 1.46. The summed E-state index contributed by atoms with van der Waals surface area (Å²) in [4.78, 5) is 11.7. The Balaban J connectivity index is 3.00. The van der Waals surface area contributed by atoms with Crippen molar-refractivity contribution in [3.05, 3.63) is 35.4 Å². The van der Waals surface area contributed by atoms with E-state index >= 15 is 0 Å². The minimum absolute atomic E-state index is 0.0799. The molecule has 0 atom stereocenters. The number of hydrogen-bond acceptors (Lipinski definition) is 3. The van der Waals surface area contributed by atoms with Crippen LogP contribution in [0.1, 0.15) is 36.2 Å². The lowest BCUT2D eigenvalue weighted by molar-refractivity contribution is 0.0192. The second kappa shape index (κ2) is 5.23. The normalized spacial score (nSPS) is 11.5. The van der Waals surface area contributed by atoms with E-state index in [1.165, 1.54) is 0 Å². The minimum atomic E-state index is -0.376. The van der Waals surface area contributed by atoms with Crippen molar-refractivity contribution < 1.29 is 9.53 Å². The Kier molecular flexibility index (Phi) is 4.21. The maximum Gasteiger partial charge on any atom is 0.164 e. The SMILES string of the molecule is COC(C)(C)c1cccc(C(=O)CCN)c1. The highest BCUT2D eigenvalue weighted by atomic mass is 16.5. The van der Waals surface area contributed by atoms with Gasteiger partial charge in [0.05, 0.1) is 5.60 Å². The van der Waals surface area contributed by atoms with Gasteiger partial charge >= 0.3 is 0 Å². The van der Waals surface area contributed by atoms with Gasteiger partial charge in [0.25, 0.3) is 0 Å². The van der Waals surface area contributed by atoms with E-state index in [-0.39, 0.29) is 11.4 Å². The van der Waals surface area contributed by atoms with Gasteiger partial charge in [-0.3, -0.25) is 4.79 Å². The average Bonchev–Trinajstić information content (AvgIpc) is 2.29. The van der Waals surface area contributed by atoms with Gasteiger partial charge in [0.15, 0.2) is 5.78 Å². The summed E-state index contributed by atoms with van der Waals surface area (Å²) in [5.74, 6) is 0.0799. The Morgan fingerprint density at radius 1 is 1.44 bits per heavy atom. The van der Waals surface area contributed by atoms with Crippen LogP contribution >= 0.6 is 0 Å². The molecule has 0 fully saturated rings. The molecule has 16 heavy (non-hydrogen) atoms. The number of Topliss-reactive ketones (excluding diaryl/α,β-unsaturated/α-hetero) is 1. The predicted octanol–water partition coefficient (Wildman–Crippen LogP) is 2.10. The largest absolute Gasteiger partial charge is 0.374 e. The Morgan fingerprint density at radius 3 is 2.69 bits per heavy atom. The zero-order valence-electron chi connectivity index (χ0n) is 10.1. The van der Waals surface area contributed by atoms with Crippen LogP contribution in [0.15, 0.2) is 24.3 Å². The van der Waals surface area contributed by atoms with E-state index in [9.17, 15) is 4.79 Å². The number of ketones is 1. The van der Waals surface area contributed by atoms with E-state index in [0.717, 1.165) is 5.56 Å². The van der Waals surface area contributed by atoms with Crippen molar-refractivity contribution in [3.63, 3.8) is 0 Å². The molecule has 0 radical (unpaired) electrons. The average molecular weight is 221 g/mol. The lowest BCUT2D eigenvalue weighted by Gasteiger charge is -2.23. The Labute approximate surface area is 96.6 Å². The standard InChI is InChI=1S/C13H19NO2/c1-13(2,16-3)11-6-4-5-10(9-11)12(15)7-8-14/h4-6,9H,7-8,14H2,1-3H3. The quantitative estimate of drug-likeness (QED) is 0.775. The molecule has 1 rings (SSSR count). The van der Waals surface area contributed by atoms with Crippen molar-refractivity contribution >= 4 is 5.78 Å². The molecular weight excluding hydrogens is 202 g/mol. The Hall–Kier alpha value is -1.19. The van der Waals surface area contributed by atoms with Crippen molar-refractivity contribution in [3.8, 4) is 0 Å². The molecule has 3 heteroatoms. The molecule has 0 heterocycles. The number of ether oxygens (including phenoxy) is 1. The van der Waals surface area contributed by atoms with Crippen molar-refractivity contribution in [2.45, 2.75) is 25.9 Å². The molecular formula is C13H19NO2. The van der Waals surface area contributed by atoms with Crippen LogP contribution in [0.25, 0.3) is 0 Å². The summed E-state index contributed by atoms with van der Waals surface area (Å²) >= 11 is 0. The Bertz CT molecular complexity index is 372. The molecule has 0 aromatic heterocycles. The van der Waals surface area contributed by atoms with Gasteiger partial charge in [0, 0.05) is 19.1 Å². The molecule has 0 unspecified atom stereocenters. The number of carbonyl (C=O) groups is 1. The molecule has 0 saturated heterocycles. The number of hydrogen-bond donors (Lipinski definition) is 1. The minimum Gasteiger partial charge on any atom is -0.374 e. The highest BCUT2D eigenvalue weighted by molar-refractivity contribution is 5.96. The van der Waals surface area contributed by atoms with Crippen LogP contribution in [-0.4, -0.2) is 19.4 Å². The highest BCUT2D eigenvalue weighted by Gasteiger charge is 2.20. The molecule has 88 valence electrons. The summed E-state index contributed by atoms with van der Waals surface area (Å²) in [5.41, 5.74) is 6.70. The summed E-state index contributed by atoms with van der Waals surface area (Å²) in [6.45, 7) is 4.33. The topological polar surface area (TPSA) is 52.3 Å². The van der Waals surface area contributed by atoms with Gasteiger partial charge < -0.3 is 10.5 Å². The molecule has 0 aliphatic carbocycles. The third kappa shape index (κ3) is 2.90. The van der Waals surface area contributed by atoms with E-state index in [1.54, 1.807) is 7.11 Å². The van der Waals surface area contributed by atoms with Crippen LogP contribution in [0, 0.1) is 0 Å². The first-order valence-electron chi connectivity index (χ1n) is 5.40. The summed E-state index contributed by atoms with van der Waals surface area (Å²) < 4.78 is 5.38. The van der Waals surface area contributed by atoms with Crippen LogP contribution in [0.5, 0.6) is 0 Å². The third-order valence-corrected chi connectivity index (χ3v) is 2.76. The molecule has 1 aromatic carbocycles. The number of benzene rings is 1. The molecule has 0 aliphatic heterocycles. The second-order valence-corrected chi connectivity index (χ2v) is 4.26. The predicted molar refractivity (Wildman–Crippen MR) is 64.5 cm³/mol. The summed E-state index contributed by atoms with van der Waals surface area (Å²) in [7, 11) is 1.66. The Morgan fingerprint density at radius 2 is 2.12 bits per heavy atom. The lowest BCUT2D eigenvalue weighted by atomic mass is 9.94. The highest BCUT2D eigenvalue weighted by Crippen LogP contribution is 2.24. The maximum absolute atomic E-state index is 11.7. The van der Waals surface area contributed by atoms with E-state index < -0.39 is 0 Å². The van der Waals surface area contributed by atoms with Crippen LogP contribution in [0.4, 0.5) is 0 Å². The smallest absolute Gasteiger partial charge is 0.164 e. The first-order valence-corrected chi connectivity index (χ1v) is 5.40. The first kappa shape index (κ1) is 12.9. The summed E-state index contributed by atoms with van der Waals surface area (Å²) in [6.07, 6.45) is 0.386. The molecule has 0 saturated carbocycles. The van der Waals surface area contributed by atoms with Crippen molar-refractivity contribution in [1.82, 2.24) is 0 Å². The number of methoxy groups -OCH3 is 1. The lowest BCUT2D eigenvalue weighted by Crippen LogP contribution is -2.20. The van der Waals surface area contributed by atoms with Gasteiger partial charge in [-0.05, 0) is 32.0 Å². The number of nitrogens with two attached hydrogens (primary N) is 1. The monoisotopic (exact) mass is 221 g/mol. The molecule has 1 aromatic rings. The van der Waals surface area contributed by atoms with E-state index in [1.807, 2.05) is 38.1 Å². The molecule has 0 amide bonds. The van der Waals surface area contributed by atoms with Crippen molar-refractivity contribution in [2.24, 2.45) is 5.73 Å². The van der Waals surface area contributed by atoms with Gasteiger partial charge in [-0.2, -0.15) is 0 Å². The first-order chi connectivity index (χ1) is 7.51. The molecule has 0 aliphatic rings. The molecule has 2 N–H and O–H groups in total. The van der Waals surface area contributed by atoms with E-state index in [4.69, 9.17) is 10.5 Å². The van der Waals surface area contributed by atoms with Crippen LogP contribution in [-0.2, 0) is 10.3 Å². The third-order valence-electron chi connectivity index (χ3n) is 2.76. The van der Waals surface area contributed by atoms with Crippen molar-refractivity contribution in [2.75, 3.05) is 13.7 Å².